The zero-order valence-electron chi connectivity index (χ0n) is 41.5. The van der Waals surface area contributed by atoms with Crippen molar-refractivity contribution in [3.63, 3.8) is 0 Å². The van der Waals surface area contributed by atoms with Crippen LogP contribution in [0.3, 0.4) is 0 Å². The predicted molar refractivity (Wildman–Crippen MR) is 254 cm³/mol. The van der Waals surface area contributed by atoms with Crippen molar-refractivity contribution < 1.29 is 68.1 Å². The van der Waals surface area contributed by atoms with E-state index in [4.69, 9.17) is 0 Å². The van der Waals surface area contributed by atoms with Crippen LogP contribution in [0.5, 0.6) is 0 Å². The number of carbonyl (C=O) groups excluding carboxylic acids is 8. The number of hydrogen-bond donors (Lipinski definition) is 9. The molecule has 8 amide bonds. The Morgan fingerprint density at radius 3 is 1.57 bits per heavy atom. The SMILES string of the molecule is CN[C@H](C(=O)N[C@H](C(=O)N(C)[C@H](/C=C(\C)C(=O)N[C@H](CCC(=O)N[C@H](CCC(=O)N[C@H](CCC(=O)NCCN1C(=O)C=CC1=O)C(=O)O)C(=O)O)C(=O)O)C(C)C)C(C)(C)C)C(C)(C)c1ccccc1. The molecule has 0 spiro atoms. The molecule has 0 aromatic heterocycles. The quantitative estimate of drug-likeness (QED) is 0.0410. The number of amides is 8. The van der Waals surface area contributed by atoms with E-state index in [2.05, 4.69) is 31.9 Å². The number of nitrogens with zero attached hydrogens (tertiary/aromatic N) is 2. The van der Waals surface area contributed by atoms with Crippen molar-refractivity contribution in [3.05, 3.63) is 59.7 Å². The van der Waals surface area contributed by atoms with Gasteiger partial charge in [0.15, 0.2) is 0 Å². The number of nitrogens with one attached hydrogen (secondary N) is 6. The second kappa shape index (κ2) is 26.7. The number of imide groups is 1. The summed E-state index contributed by atoms with van der Waals surface area (Å²) in [5.74, 6) is -9.95. The van der Waals surface area contributed by atoms with Crippen molar-refractivity contribution >= 4 is 65.2 Å². The molecule has 1 aliphatic rings. The Morgan fingerprint density at radius 1 is 0.686 bits per heavy atom. The Kier molecular flexibility index (Phi) is 22.6. The third kappa shape index (κ3) is 17.8. The lowest BCUT2D eigenvalue weighted by atomic mass is 9.76. The molecule has 386 valence electrons. The number of carbonyl (C=O) groups is 11. The van der Waals surface area contributed by atoms with Gasteiger partial charge in [0, 0.05) is 62.5 Å². The number of carboxylic acids is 3. The van der Waals surface area contributed by atoms with Crippen LogP contribution < -0.4 is 31.9 Å². The lowest BCUT2D eigenvalue weighted by Gasteiger charge is -2.40. The zero-order chi connectivity index (χ0) is 53.3. The number of hydrogen-bond acceptors (Lipinski definition) is 12. The Morgan fingerprint density at radius 2 is 1.14 bits per heavy atom. The molecule has 22 heteroatoms. The summed E-state index contributed by atoms with van der Waals surface area (Å²) in [5, 5.41) is 44.5. The second-order valence-electron chi connectivity index (χ2n) is 19.1. The fraction of sp³-hybridized carbons (Fsp3) is 0.562. The van der Waals surface area contributed by atoms with Crippen LogP contribution in [-0.2, 0) is 58.2 Å². The highest BCUT2D eigenvalue weighted by Gasteiger charge is 2.42. The summed E-state index contributed by atoms with van der Waals surface area (Å²) in [6.45, 7) is 14.2. The van der Waals surface area contributed by atoms with Gasteiger partial charge in [0.1, 0.15) is 24.2 Å². The molecule has 0 radical (unpaired) electrons. The fourth-order valence-electron chi connectivity index (χ4n) is 7.61. The van der Waals surface area contributed by atoms with E-state index in [-0.39, 0.29) is 37.4 Å². The first-order chi connectivity index (χ1) is 32.5. The first-order valence-corrected chi connectivity index (χ1v) is 22.9. The molecule has 9 N–H and O–H groups in total. The van der Waals surface area contributed by atoms with E-state index in [1.165, 1.54) is 17.9 Å². The van der Waals surface area contributed by atoms with E-state index in [9.17, 15) is 68.1 Å². The Hall–Kier alpha value is -6.97. The first kappa shape index (κ1) is 59.2. The summed E-state index contributed by atoms with van der Waals surface area (Å²) < 4.78 is 0. The van der Waals surface area contributed by atoms with Crippen LogP contribution in [0.25, 0.3) is 0 Å². The minimum Gasteiger partial charge on any atom is -0.480 e. The van der Waals surface area contributed by atoms with Gasteiger partial charge < -0.3 is 52.1 Å². The van der Waals surface area contributed by atoms with E-state index < -0.39 is 138 Å². The van der Waals surface area contributed by atoms with Crippen molar-refractivity contribution in [1.29, 1.82) is 0 Å². The molecule has 0 fully saturated rings. The fourth-order valence-corrected chi connectivity index (χ4v) is 7.61. The minimum absolute atomic E-state index is 0.0474. The summed E-state index contributed by atoms with van der Waals surface area (Å²) in [6, 6.07) is 2.25. The van der Waals surface area contributed by atoms with Crippen molar-refractivity contribution in [3.8, 4) is 0 Å². The van der Waals surface area contributed by atoms with Gasteiger partial charge in [-0.1, -0.05) is 84.9 Å². The molecule has 70 heavy (non-hydrogen) atoms. The smallest absolute Gasteiger partial charge is 0.326 e. The molecule has 22 nitrogen and oxygen atoms in total. The number of aliphatic carboxylic acids is 3. The summed E-state index contributed by atoms with van der Waals surface area (Å²) >= 11 is 0. The Balaban J connectivity index is 2.03. The van der Waals surface area contributed by atoms with Crippen LogP contribution in [0.15, 0.2) is 54.1 Å². The molecule has 1 heterocycles. The lowest BCUT2D eigenvalue weighted by Crippen LogP contribution is -2.61. The summed E-state index contributed by atoms with van der Waals surface area (Å²) in [7, 11) is 3.21. The van der Waals surface area contributed by atoms with Crippen molar-refractivity contribution in [2.45, 2.75) is 136 Å². The molecule has 0 bridgehead atoms. The monoisotopic (exact) mass is 983 g/mol. The van der Waals surface area contributed by atoms with Crippen LogP contribution in [0, 0.1) is 11.3 Å². The molecule has 0 saturated heterocycles. The van der Waals surface area contributed by atoms with Crippen LogP contribution in [0.4, 0.5) is 0 Å². The van der Waals surface area contributed by atoms with Crippen LogP contribution in [0.2, 0.25) is 0 Å². The molecule has 6 atom stereocenters. The third-order valence-electron chi connectivity index (χ3n) is 11.9. The lowest BCUT2D eigenvalue weighted by molar-refractivity contribution is -0.144. The molecule has 2 rings (SSSR count). The first-order valence-electron chi connectivity index (χ1n) is 22.9. The molecule has 1 aliphatic heterocycles. The summed E-state index contributed by atoms with van der Waals surface area (Å²) in [5.41, 5.74) is -0.468. The van der Waals surface area contributed by atoms with Gasteiger partial charge in [-0.05, 0) is 50.1 Å². The van der Waals surface area contributed by atoms with Crippen LogP contribution in [-0.4, -0.2) is 154 Å². The van der Waals surface area contributed by atoms with E-state index in [1.54, 1.807) is 14.1 Å². The zero-order valence-corrected chi connectivity index (χ0v) is 41.5. The van der Waals surface area contributed by atoms with Gasteiger partial charge in [0.2, 0.25) is 35.4 Å². The maximum atomic E-state index is 14.3. The topological polar surface area (TPSA) is 327 Å². The van der Waals surface area contributed by atoms with Crippen molar-refractivity contribution in [1.82, 2.24) is 41.7 Å². The number of benzene rings is 1. The minimum atomic E-state index is -1.65. The highest BCUT2D eigenvalue weighted by atomic mass is 16.4. The normalized spacial score (nSPS) is 15.5. The third-order valence-corrected chi connectivity index (χ3v) is 11.9. The predicted octanol–water partition coefficient (Wildman–Crippen LogP) is 0.602. The van der Waals surface area contributed by atoms with E-state index >= 15 is 0 Å². The second-order valence-corrected chi connectivity index (χ2v) is 19.1. The number of rotatable bonds is 28. The maximum absolute atomic E-state index is 14.3. The summed E-state index contributed by atoms with van der Waals surface area (Å²) in [4.78, 5) is 141. The molecular weight excluding hydrogens is 913 g/mol. The van der Waals surface area contributed by atoms with Gasteiger partial charge in [-0.25, -0.2) is 14.4 Å². The molecular formula is C48H70N8O14. The van der Waals surface area contributed by atoms with E-state index in [1.807, 2.05) is 78.8 Å². The largest absolute Gasteiger partial charge is 0.480 e. The van der Waals surface area contributed by atoms with Crippen LogP contribution in [0.1, 0.15) is 99.5 Å². The molecule has 1 aromatic rings. The van der Waals surface area contributed by atoms with E-state index in [0.717, 1.165) is 22.6 Å². The van der Waals surface area contributed by atoms with Gasteiger partial charge in [-0.15, -0.1) is 0 Å². The van der Waals surface area contributed by atoms with Gasteiger partial charge >= 0.3 is 17.9 Å². The Bertz CT molecular complexity index is 2150. The number of carboxylic acid groups (broad SMARTS) is 3. The van der Waals surface area contributed by atoms with Crippen molar-refractivity contribution in [2.75, 3.05) is 27.2 Å². The van der Waals surface area contributed by atoms with Gasteiger partial charge in [0.05, 0.1) is 12.1 Å². The standard InChI is InChI=1S/C48H70N8O14/c1-27(2)33(55(10)43(64)40(47(4,5)6)54-42(63)39(49-9)48(7,8)29-14-12-11-13-15-29)26-28(3)41(62)53-32(46(69)70)18-21-36(59)52-31(45(67)68)17-20-35(58)51-30(44(65)66)16-19-34(57)50-24-25-56-37(60)22-23-38(56)61/h11-15,22-23,26-27,30-33,39-40,49H,16-21,24-25H2,1-10H3,(H,50,57)(H,51,58)(H,52,59)(H,53,62)(H,54,63)(H,65,66)(H,67,68)(H,69,70)/b28-26+/t30-,31-,32-,33-,39-,40-/m1/s1. The molecule has 0 unspecified atom stereocenters. The number of likely N-dealkylation sites (N-methyl/N-ethyl adjacent to an activating group) is 2. The highest BCUT2D eigenvalue weighted by molar-refractivity contribution is 6.12. The Labute approximate surface area is 407 Å². The molecule has 0 aliphatic carbocycles. The maximum Gasteiger partial charge on any atom is 0.326 e. The highest BCUT2D eigenvalue weighted by Crippen LogP contribution is 2.29. The van der Waals surface area contributed by atoms with Gasteiger partial charge in [0.25, 0.3) is 11.8 Å². The van der Waals surface area contributed by atoms with E-state index in [0.29, 0.717) is 0 Å². The van der Waals surface area contributed by atoms with Crippen molar-refractivity contribution in [2.24, 2.45) is 11.3 Å². The molecule has 0 saturated carbocycles. The average Bonchev–Trinajstić information content (AvgIpc) is 3.60. The van der Waals surface area contributed by atoms with Gasteiger partial charge in [-0.3, -0.25) is 43.3 Å². The average molecular weight is 983 g/mol. The summed E-state index contributed by atoms with van der Waals surface area (Å²) in [6.07, 6.45) is 0.862. The molecule has 1 aromatic carbocycles. The van der Waals surface area contributed by atoms with Crippen LogP contribution >= 0.6 is 0 Å². The van der Waals surface area contributed by atoms with Gasteiger partial charge in [-0.2, -0.15) is 0 Å².